The largest absolute Gasteiger partial charge is 0.377 e. The zero-order chi connectivity index (χ0) is 15.2. The Morgan fingerprint density at radius 2 is 1.86 bits per heavy atom. The Kier molecular flexibility index (Phi) is 5.05. The van der Waals surface area contributed by atoms with E-state index in [0.717, 1.165) is 5.56 Å². The van der Waals surface area contributed by atoms with Crippen molar-refractivity contribution in [2.45, 2.75) is 19.6 Å². The monoisotopic (exact) mass is 290 g/mol. The Bertz CT molecular complexity index is 589. The van der Waals surface area contributed by atoms with E-state index in [1.54, 1.807) is 26.3 Å². The maximum absolute atomic E-state index is 13.0. The zero-order valence-electron chi connectivity index (χ0n) is 12.4. The lowest BCUT2D eigenvalue weighted by Gasteiger charge is -2.16. The molecule has 0 aliphatic rings. The number of benzene rings is 1. The molecule has 1 aromatic heterocycles. The van der Waals surface area contributed by atoms with Gasteiger partial charge in [-0.15, -0.1) is 0 Å². The van der Waals surface area contributed by atoms with Gasteiger partial charge in [0.15, 0.2) is 5.82 Å². The van der Waals surface area contributed by atoms with Crippen LogP contribution in [0.4, 0.5) is 16.0 Å². The van der Waals surface area contributed by atoms with Crippen LogP contribution in [0.5, 0.6) is 0 Å². The van der Waals surface area contributed by atoms with E-state index in [2.05, 4.69) is 20.6 Å². The maximum Gasteiger partial charge on any atom is 0.158 e. The number of hydrogen-bond donors (Lipinski definition) is 2. The summed E-state index contributed by atoms with van der Waals surface area (Å²) in [4.78, 5) is 8.69. The fourth-order valence-electron chi connectivity index (χ4n) is 1.95. The number of nitrogens with zero attached hydrogens (tertiary/aromatic N) is 2. The number of anilines is 2. The van der Waals surface area contributed by atoms with Crippen LogP contribution in [0.2, 0.25) is 0 Å². The first-order valence-electron chi connectivity index (χ1n) is 6.69. The van der Waals surface area contributed by atoms with Crippen LogP contribution < -0.4 is 10.6 Å². The van der Waals surface area contributed by atoms with Gasteiger partial charge in [-0.3, -0.25) is 0 Å². The van der Waals surface area contributed by atoms with Crippen molar-refractivity contribution in [3.05, 3.63) is 47.5 Å². The summed E-state index contributed by atoms with van der Waals surface area (Å²) in [6.07, 6.45) is 0. The summed E-state index contributed by atoms with van der Waals surface area (Å²) in [5.41, 5.74) is 0.981. The number of aromatic nitrogens is 2. The summed E-state index contributed by atoms with van der Waals surface area (Å²) in [5, 5.41) is 6.27. The van der Waals surface area contributed by atoms with Gasteiger partial charge in [0, 0.05) is 26.3 Å². The minimum Gasteiger partial charge on any atom is -0.377 e. The molecule has 1 aromatic carbocycles. The molecule has 1 atom stereocenters. The molecule has 112 valence electrons. The van der Waals surface area contributed by atoms with E-state index >= 15 is 0 Å². The number of ether oxygens (including phenoxy) is 1. The number of hydrogen-bond acceptors (Lipinski definition) is 5. The van der Waals surface area contributed by atoms with E-state index in [0.29, 0.717) is 24.1 Å². The molecule has 0 radical (unpaired) electrons. The molecule has 1 unspecified atom stereocenters. The predicted molar refractivity (Wildman–Crippen MR) is 80.7 cm³/mol. The number of nitrogens with one attached hydrogen (secondary N) is 2. The van der Waals surface area contributed by atoms with Crippen molar-refractivity contribution in [1.29, 1.82) is 0 Å². The molecule has 21 heavy (non-hydrogen) atoms. The molecule has 0 amide bonds. The minimum absolute atomic E-state index is 0.000557. The van der Waals surface area contributed by atoms with Gasteiger partial charge < -0.3 is 15.4 Å². The first kappa shape index (κ1) is 15.2. The van der Waals surface area contributed by atoms with Gasteiger partial charge >= 0.3 is 0 Å². The topological polar surface area (TPSA) is 59.1 Å². The first-order chi connectivity index (χ1) is 10.1. The molecule has 5 nitrogen and oxygen atoms in total. The standard InChI is InChI=1S/C15H19FN4O/c1-10(11-4-6-12(16)7-5-11)18-14-8-13(17-2)19-15(20-14)9-21-3/h4-8,10H,9H2,1-3H3,(H2,17,18,19,20). The molecule has 2 aromatic rings. The van der Waals surface area contributed by atoms with Crippen molar-refractivity contribution >= 4 is 11.6 Å². The second kappa shape index (κ2) is 6.99. The molecule has 0 bridgehead atoms. The Hall–Kier alpha value is -2.21. The van der Waals surface area contributed by atoms with E-state index in [9.17, 15) is 4.39 Å². The van der Waals surface area contributed by atoms with Crippen molar-refractivity contribution in [3.63, 3.8) is 0 Å². The molecule has 1 heterocycles. The zero-order valence-corrected chi connectivity index (χ0v) is 12.4. The highest BCUT2D eigenvalue weighted by molar-refractivity contribution is 5.48. The van der Waals surface area contributed by atoms with Crippen LogP contribution in [0.3, 0.4) is 0 Å². The number of halogens is 1. The third-order valence-electron chi connectivity index (χ3n) is 3.04. The molecule has 0 fully saturated rings. The van der Waals surface area contributed by atoms with Crippen molar-refractivity contribution in [2.24, 2.45) is 0 Å². The van der Waals surface area contributed by atoms with Crippen LogP contribution in [0.15, 0.2) is 30.3 Å². The van der Waals surface area contributed by atoms with Gasteiger partial charge in [0.1, 0.15) is 24.1 Å². The second-order valence-electron chi connectivity index (χ2n) is 4.66. The lowest BCUT2D eigenvalue weighted by atomic mass is 10.1. The molecule has 0 spiro atoms. The fourth-order valence-corrected chi connectivity index (χ4v) is 1.95. The fraction of sp³-hybridized carbons (Fsp3) is 0.333. The average molecular weight is 290 g/mol. The normalized spacial score (nSPS) is 12.0. The van der Waals surface area contributed by atoms with Crippen molar-refractivity contribution in [2.75, 3.05) is 24.8 Å². The summed E-state index contributed by atoms with van der Waals surface area (Å²) in [5.74, 6) is 1.76. The van der Waals surface area contributed by atoms with E-state index in [-0.39, 0.29) is 11.9 Å². The van der Waals surface area contributed by atoms with Crippen LogP contribution in [-0.2, 0) is 11.3 Å². The highest BCUT2D eigenvalue weighted by Crippen LogP contribution is 2.20. The quantitative estimate of drug-likeness (QED) is 0.856. The molecule has 0 aliphatic heterocycles. The van der Waals surface area contributed by atoms with Crippen molar-refractivity contribution in [3.8, 4) is 0 Å². The van der Waals surface area contributed by atoms with Gasteiger partial charge in [0.05, 0.1) is 0 Å². The van der Waals surface area contributed by atoms with E-state index in [4.69, 9.17) is 4.74 Å². The number of rotatable bonds is 6. The lowest BCUT2D eigenvalue weighted by Crippen LogP contribution is -2.11. The van der Waals surface area contributed by atoms with E-state index in [1.165, 1.54) is 12.1 Å². The second-order valence-corrected chi connectivity index (χ2v) is 4.66. The summed E-state index contributed by atoms with van der Waals surface area (Å²) >= 11 is 0. The Labute approximate surface area is 123 Å². The third kappa shape index (κ3) is 4.13. The van der Waals surface area contributed by atoms with Gasteiger partial charge in [-0.05, 0) is 24.6 Å². The minimum atomic E-state index is -0.243. The third-order valence-corrected chi connectivity index (χ3v) is 3.04. The molecule has 2 N–H and O–H groups in total. The molecule has 2 rings (SSSR count). The molecular formula is C15H19FN4O. The highest BCUT2D eigenvalue weighted by atomic mass is 19.1. The summed E-state index contributed by atoms with van der Waals surface area (Å²) in [6, 6.07) is 8.22. The van der Waals surface area contributed by atoms with Crippen LogP contribution in [0.1, 0.15) is 24.4 Å². The Morgan fingerprint density at radius 3 is 2.48 bits per heavy atom. The van der Waals surface area contributed by atoms with E-state index < -0.39 is 0 Å². The van der Waals surface area contributed by atoms with Crippen molar-refractivity contribution in [1.82, 2.24) is 9.97 Å². The molecule has 0 saturated heterocycles. The highest BCUT2D eigenvalue weighted by Gasteiger charge is 2.09. The van der Waals surface area contributed by atoms with Crippen LogP contribution in [0, 0.1) is 5.82 Å². The van der Waals surface area contributed by atoms with Gasteiger partial charge in [-0.25, -0.2) is 14.4 Å². The Morgan fingerprint density at radius 1 is 1.19 bits per heavy atom. The van der Waals surface area contributed by atoms with E-state index in [1.807, 2.05) is 13.0 Å². The molecule has 0 aliphatic carbocycles. The van der Waals surface area contributed by atoms with Gasteiger partial charge in [0.2, 0.25) is 0 Å². The van der Waals surface area contributed by atoms with Gasteiger partial charge in [-0.1, -0.05) is 12.1 Å². The molecule has 0 saturated carbocycles. The van der Waals surface area contributed by atoms with Crippen LogP contribution in [0.25, 0.3) is 0 Å². The van der Waals surface area contributed by atoms with Gasteiger partial charge in [0.25, 0.3) is 0 Å². The average Bonchev–Trinajstić information content (AvgIpc) is 2.48. The summed E-state index contributed by atoms with van der Waals surface area (Å²) in [7, 11) is 3.40. The smallest absolute Gasteiger partial charge is 0.158 e. The molecular weight excluding hydrogens is 271 g/mol. The Balaban J connectivity index is 2.17. The lowest BCUT2D eigenvalue weighted by molar-refractivity contribution is 0.178. The van der Waals surface area contributed by atoms with Crippen molar-refractivity contribution < 1.29 is 9.13 Å². The summed E-state index contributed by atoms with van der Waals surface area (Å²) in [6.45, 7) is 2.33. The number of methoxy groups -OCH3 is 1. The molecule has 6 heteroatoms. The first-order valence-corrected chi connectivity index (χ1v) is 6.69. The van der Waals surface area contributed by atoms with Gasteiger partial charge in [-0.2, -0.15) is 0 Å². The van der Waals surface area contributed by atoms with Crippen LogP contribution >= 0.6 is 0 Å². The predicted octanol–water partition coefficient (Wildman–Crippen LogP) is 2.98. The summed E-state index contributed by atoms with van der Waals surface area (Å²) < 4.78 is 18.0. The SMILES string of the molecule is CNc1cc(NC(C)c2ccc(F)cc2)nc(COC)n1. The maximum atomic E-state index is 13.0. The van der Waals surface area contributed by atoms with Crippen LogP contribution in [-0.4, -0.2) is 24.1 Å².